The van der Waals surface area contributed by atoms with Crippen LogP contribution in [0, 0.1) is 0 Å². The van der Waals surface area contributed by atoms with Gasteiger partial charge in [-0.3, -0.25) is 0 Å². The molecule has 2 saturated heterocycles. The van der Waals surface area contributed by atoms with E-state index >= 15 is 0 Å². The molecule has 4 rings (SSSR count). The molecule has 21 heavy (non-hydrogen) atoms. The van der Waals surface area contributed by atoms with Crippen LogP contribution in [0.1, 0.15) is 32.1 Å². The molecule has 2 aromatic rings. The second-order valence-corrected chi connectivity index (χ2v) is 7.15. The summed E-state index contributed by atoms with van der Waals surface area (Å²) in [5.41, 5.74) is 0. The summed E-state index contributed by atoms with van der Waals surface area (Å²) in [6, 6.07) is 14.0. The SMILES string of the molecule is Brc1cccc2c(OC3CC4CCCC(C3)N4)cccc12. The van der Waals surface area contributed by atoms with Crippen LogP contribution in [0.2, 0.25) is 0 Å². The van der Waals surface area contributed by atoms with Crippen LogP contribution in [-0.2, 0) is 0 Å². The van der Waals surface area contributed by atoms with E-state index in [1.54, 1.807) is 0 Å². The number of benzene rings is 2. The minimum Gasteiger partial charge on any atom is -0.490 e. The minimum atomic E-state index is 0.353. The third-order valence-corrected chi connectivity index (χ3v) is 5.49. The highest BCUT2D eigenvalue weighted by atomic mass is 79.9. The second-order valence-electron chi connectivity index (χ2n) is 6.29. The summed E-state index contributed by atoms with van der Waals surface area (Å²) in [4.78, 5) is 0. The average molecular weight is 346 g/mol. The van der Waals surface area contributed by atoms with E-state index in [4.69, 9.17) is 4.74 Å². The normalized spacial score (nSPS) is 28.5. The van der Waals surface area contributed by atoms with Crippen LogP contribution in [0.3, 0.4) is 0 Å². The van der Waals surface area contributed by atoms with Gasteiger partial charge in [-0.2, -0.15) is 0 Å². The summed E-state index contributed by atoms with van der Waals surface area (Å²) in [5, 5.41) is 6.16. The Kier molecular flexibility index (Phi) is 3.64. The van der Waals surface area contributed by atoms with Crippen LogP contribution < -0.4 is 10.1 Å². The van der Waals surface area contributed by atoms with Crippen molar-refractivity contribution in [2.75, 3.05) is 0 Å². The fourth-order valence-electron chi connectivity index (χ4n) is 3.83. The Morgan fingerprint density at radius 2 is 1.67 bits per heavy atom. The molecule has 0 saturated carbocycles. The molecular formula is C18H20BrNO. The van der Waals surface area contributed by atoms with Gasteiger partial charge < -0.3 is 10.1 Å². The van der Waals surface area contributed by atoms with Gasteiger partial charge in [0.15, 0.2) is 0 Å². The van der Waals surface area contributed by atoms with Crippen molar-refractivity contribution < 1.29 is 4.74 Å². The predicted molar refractivity (Wildman–Crippen MR) is 89.9 cm³/mol. The molecule has 0 radical (unpaired) electrons. The molecule has 2 aliphatic heterocycles. The zero-order valence-electron chi connectivity index (χ0n) is 12.0. The van der Waals surface area contributed by atoms with Crippen LogP contribution in [0.15, 0.2) is 40.9 Å². The Balaban J connectivity index is 1.61. The summed E-state index contributed by atoms with van der Waals surface area (Å²) in [7, 11) is 0. The third kappa shape index (κ3) is 2.69. The first kappa shape index (κ1) is 13.6. The molecule has 0 aliphatic carbocycles. The van der Waals surface area contributed by atoms with Gasteiger partial charge in [-0.25, -0.2) is 0 Å². The first-order valence-corrected chi connectivity index (χ1v) is 8.69. The lowest BCUT2D eigenvalue weighted by atomic mass is 9.85. The Morgan fingerprint density at radius 3 is 2.48 bits per heavy atom. The first-order chi connectivity index (χ1) is 10.3. The summed E-state index contributed by atoms with van der Waals surface area (Å²) in [6.45, 7) is 0. The van der Waals surface area contributed by atoms with Crippen molar-refractivity contribution >= 4 is 26.7 Å². The summed E-state index contributed by atoms with van der Waals surface area (Å²) in [6.07, 6.45) is 6.61. The van der Waals surface area contributed by atoms with Gasteiger partial charge in [-0.1, -0.05) is 46.6 Å². The largest absolute Gasteiger partial charge is 0.490 e. The van der Waals surface area contributed by atoms with E-state index in [1.165, 1.54) is 30.0 Å². The maximum atomic E-state index is 6.40. The van der Waals surface area contributed by atoms with Crippen molar-refractivity contribution in [1.29, 1.82) is 0 Å². The highest BCUT2D eigenvalue weighted by Gasteiger charge is 2.32. The number of rotatable bonds is 2. The molecule has 2 heterocycles. The summed E-state index contributed by atoms with van der Waals surface area (Å²) < 4.78 is 7.53. The molecule has 2 nitrogen and oxygen atoms in total. The van der Waals surface area contributed by atoms with Gasteiger partial charge in [0.1, 0.15) is 11.9 Å². The highest BCUT2D eigenvalue weighted by molar-refractivity contribution is 9.10. The van der Waals surface area contributed by atoms with Crippen molar-refractivity contribution in [2.24, 2.45) is 0 Å². The Morgan fingerprint density at radius 1 is 0.952 bits per heavy atom. The smallest absolute Gasteiger partial charge is 0.127 e. The number of fused-ring (bicyclic) bond motifs is 3. The predicted octanol–water partition coefficient (Wildman–Crippen LogP) is 4.65. The number of ether oxygens (including phenoxy) is 1. The number of piperidine rings is 2. The van der Waals surface area contributed by atoms with E-state index in [9.17, 15) is 0 Å². The lowest BCUT2D eigenvalue weighted by molar-refractivity contribution is 0.0940. The zero-order valence-corrected chi connectivity index (χ0v) is 13.6. The lowest BCUT2D eigenvalue weighted by Gasteiger charge is -2.40. The number of hydrogen-bond donors (Lipinski definition) is 1. The fourth-order valence-corrected chi connectivity index (χ4v) is 4.33. The van der Waals surface area contributed by atoms with E-state index in [0.29, 0.717) is 18.2 Å². The molecule has 1 N–H and O–H groups in total. The Bertz CT molecular complexity index is 645. The first-order valence-electron chi connectivity index (χ1n) is 7.89. The van der Waals surface area contributed by atoms with Gasteiger partial charge in [-0.15, -0.1) is 0 Å². The molecule has 3 heteroatoms. The van der Waals surface area contributed by atoms with Crippen molar-refractivity contribution in [1.82, 2.24) is 5.32 Å². The van der Waals surface area contributed by atoms with E-state index < -0.39 is 0 Å². The minimum absolute atomic E-state index is 0.353. The van der Waals surface area contributed by atoms with Gasteiger partial charge in [-0.05, 0) is 43.2 Å². The van der Waals surface area contributed by atoms with Crippen molar-refractivity contribution in [3.63, 3.8) is 0 Å². The van der Waals surface area contributed by atoms with Crippen LogP contribution >= 0.6 is 15.9 Å². The maximum Gasteiger partial charge on any atom is 0.127 e. The van der Waals surface area contributed by atoms with Gasteiger partial charge in [0, 0.05) is 21.9 Å². The monoisotopic (exact) mass is 345 g/mol. The zero-order chi connectivity index (χ0) is 14.2. The molecule has 110 valence electrons. The van der Waals surface area contributed by atoms with E-state index in [0.717, 1.165) is 23.1 Å². The Labute approximate surface area is 134 Å². The number of nitrogens with one attached hydrogen (secondary N) is 1. The second kappa shape index (κ2) is 5.62. The molecule has 2 bridgehead atoms. The Hall–Kier alpha value is -1.06. The van der Waals surface area contributed by atoms with Gasteiger partial charge in [0.25, 0.3) is 0 Å². The van der Waals surface area contributed by atoms with Gasteiger partial charge >= 0.3 is 0 Å². The van der Waals surface area contributed by atoms with Crippen molar-refractivity contribution in [3.8, 4) is 5.75 Å². The number of hydrogen-bond acceptors (Lipinski definition) is 2. The van der Waals surface area contributed by atoms with E-state index in [2.05, 4.69) is 57.6 Å². The topological polar surface area (TPSA) is 21.3 Å². The molecule has 2 unspecified atom stereocenters. The number of halogens is 1. The van der Waals surface area contributed by atoms with Crippen LogP contribution in [-0.4, -0.2) is 18.2 Å². The van der Waals surface area contributed by atoms with Crippen molar-refractivity contribution in [2.45, 2.75) is 50.3 Å². The van der Waals surface area contributed by atoms with Crippen molar-refractivity contribution in [3.05, 3.63) is 40.9 Å². The third-order valence-electron chi connectivity index (χ3n) is 4.79. The van der Waals surface area contributed by atoms with Crippen LogP contribution in [0.25, 0.3) is 10.8 Å². The van der Waals surface area contributed by atoms with Gasteiger partial charge in [0.2, 0.25) is 0 Å². The molecule has 0 aromatic heterocycles. The molecule has 2 fully saturated rings. The average Bonchev–Trinajstić information content (AvgIpc) is 2.48. The lowest BCUT2D eigenvalue weighted by Crippen LogP contribution is -2.51. The van der Waals surface area contributed by atoms with Crippen LogP contribution in [0.4, 0.5) is 0 Å². The molecule has 0 amide bonds. The summed E-state index contributed by atoms with van der Waals surface area (Å²) in [5.74, 6) is 1.03. The van der Waals surface area contributed by atoms with Crippen LogP contribution in [0.5, 0.6) is 5.75 Å². The van der Waals surface area contributed by atoms with E-state index in [-0.39, 0.29) is 0 Å². The van der Waals surface area contributed by atoms with Gasteiger partial charge in [0.05, 0.1) is 0 Å². The maximum absolute atomic E-state index is 6.40. The molecule has 2 atom stereocenters. The standard InChI is InChI=1S/C18H20BrNO/c19-17-8-2-7-16-15(17)6-3-9-18(16)21-14-10-12-4-1-5-13(11-14)20-12/h2-3,6-9,12-14,20H,1,4-5,10-11H2. The highest BCUT2D eigenvalue weighted by Crippen LogP contribution is 2.34. The fraction of sp³-hybridized carbons (Fsp3) is 0.444. The summed E-state index contributed by atoms with van der Waals surface area (Å²) >= 11 is 3.63. The molecular weight excluding hydrogens is 326 g/mol. The molecule has 2 aliphatic rings. The quantitative estimate of drug-likeness (QED) is 0.854. The van der Waals surface area contributed by atoms with E-state index in [1.807, 2.05) is 0 Å². The molecule has 0 spiro atoms. The molecule has 2 aromatic carbocycles.